The van der Waals surface area contributed by atoms with Gasteiger partial charge in [0, 0.05) is 7.05 Å². The van der Waals surface area contributed by atoms with Crippen molar-refractivity contribution in [2.45, 2.75) is 24.8 Å². The zero-order chi connectivity index (χ0) is 21.7. The zero-order valence-corrected chi connectivity index (χ0v) is 18.2. The lowest BCUT2D eigenvalue weighted by atomic mass is 9.94. The molecule has 0 aromatic heterocycles. The standard InChI is InChI=1S/C24H26N2O3S/c1-18-14-15-22(19(2)16-18)24(20-10-6-4-7-11-20)25-23(27)17-26(3)30(28,29)21-12-8-5-9-13-21/h4-16,24H,17H2,1-3H3,(H,25,27)/t24-/m1/s1. The van der Waals surface area contributed by atoms with Crippen LogP contribution >= 0.6 is 0 Å². The SMILES string of the molecule is Cc1ccc([C@H](NC(=O)CN(C)S(=O)(=O)c2ccccc2)c2ccccc2)c(C)c1. The molecular formula is C24H26N2O3S. The van der Waals surface area contributed by atoms with Gasteiger partial charge in [-0.3, -0.25) is 4.79 Å². The van der Waals surface area contributed by atoms with E-state index < -0.39 is 10.0 Å². The first-order valence-electron chi connectivity index (χ1n) is 9.72. The number of likely N-dealkylation sites (N-methyl/N-ethyl adjacent to an activating group) is 1. The van der Waals surface area contributed by atoms with Crippen LogP contribution in [-0.2, 0) is 14.8 Å². The second-order valence-corrected chi connectivity index (χ2v) is 9.39. The van der Waals surface area contributed by atoms with Gasteiger partial charge in [-0.25, -0.2) is 8.42 Å². The maximum Gasteiger partial charge on any atom is 0.243 e. The van der Waals surface area contributed by atoms with Crippen LogP contribution in [0, 0.1) is 13.8 Å². The van der Waals surface area contributed by atoms with E-state index in [0.717, 1.165) is 26.6 Å². The summed E-state index contributed by atoms with van der Waals surface area (Å²) in [7, 11) is -2.33. The molecule has 0 radical (unpaired) electrons. The fraction of sp³-hybridized carbons (Fsp3) is 0.208. The van der Waals surface area contributed by atoms with Crippen LogP contribution in [0.4, 0.5) is 0 Å². The number of nitrogens with one attached hydrogen (secondary N) is 1. The fourth-order valence-electron chi connectivity index (χ4n) is 3.40. The van der Waals surface area contributed by atoms with E-state index in [1.54, 1.807) is 18.2 Å². The van der Waals surface area contributed by atoms with Gasteiger partial charge >= 0.3 is 0 Å². The van der Waals surface area contributed by atoms with Crippen LogP contribution in [0.1, 0.15) is 28.3 Å². The molecule has 0 saturated carbocycles. The van der Waals surface area contributed by atoms with E-state index in [0.29, 0.717) is 0 Å². The van der Waals surface area contributed by atoms with Crippen LogP contribution < -0.4 is 5.32 Å². The number of carbonyl (C=O) groups is 1. The minimum absolute atomic E-state index is 0.161. The van der Waals surface area contributed by atoms with Crippen LogP contribution in [0.2, 0.25) is 0 Å². The third-order valence-electron chi connectivity index (χ3n) is 4.99. The lowest BCUT2D eigenvalue weighted by Gasteiger charge is -2.24. The second-order valence-electron chi connectivity index (χ2n) is 7.35. The van der Waals surface area contributed by atoms with E-state index in [1.165, 1.54) is 19.2 Å². The minimum atomic E-state index is -3.74. The highest BCUT2D eigenvalue weighted by Crippen LogP contribution is 2.26. The third-order valence-corrected chi connectivity index (χ3v) is 6.81. The van der Waals surface area contributed by atoms with E-state index >= 15 is 0 Å². The molecule has 1 amide bonds. The molecule has 0 bridgehead atoms. The van der Waals surface area contributed by atoms with E-state index in [2.05, 4.69) is 11.4 Å². The fourth-order valence-corrected chi connectivity index (χ4v) is 4.55. The number of carbonyl (C=O) groups excluding carboxylic acids is 1. The monoisotopic (exact) mass is 422 g/mol. The lowest BCUT2D eigenvalue weighted by molar-refractivity contribution is -0.121. The summed E-state index contributed by atoms with van der Waals surface area (Å²) in [5.41, 5.74) is 4.12. The number of hydrogen-bond acceptors (Lipinski definition) is 3. The van der Waals surface area contributed by atoms with Gasteiger partial charge in [0.2, 0.25) is 15.9 Å². The molecule has 1 N–H and O–H groups in total. The van der Waals surface area contributed by atoms with E-state index in [4.69, 9.17) is 0 Å². The summed E-state index contributed by atoms with van der Waals surface area (Å²) in [6.07, 6.45) is 0. The number of sulfonamides is 1. The number of hydrogen-bond donors (Lipinski definition) is 1. The Kier molecular flexibility index (Phi) is 6.70. The van der Waals surface area contributed by atoms with Crippen molar-refractivity contribution in [3.8, 4) is 0 Å². The first-order chi connectivity index (χ1) is 14.3. The topological polar surface area (TPSA) is 66.5 Å². The molecule has 3 aromatic rings. The summed E-state index contributed by atoms with van der Waals surface area (Å²) < 4.78 is 26.5. The molecule has 156 valence electrons. The highest BCUT2D eigenvalue weighted by molar-refractivity contribution is 7.89. The maximum absolute atomic E-state index is 12.8. The van der Waals surface area contributed by atoms with Crippen molar-refractivity contribution in [1.82, 2.24) is 9.62 Å². The molecule has 0 heterocycles. The predicted molar refractivity (Wildman–Crippen MR) is 119 cm³/mol. The van der Waals surface area contributed by atoms with Crippen LogP contribution in [0.5, 0.6) is 0 Å². The molecule has 0 spiro atoms. The van der Waals surface area contributed by atoms with Crippen molar-refractivity contribution in [2.75, 3.05) is 13.6 Å². The Morgan fingerprint density at radius 1 is 0.933 bits per heavy atom. The van der Waals surface area contributed by atoms with Crippen LogP contribution in [0.3, 0.4) is 0 Å². The Morgan fingerprint density at radius 2 is 1.53 bits per heavy atom. The molecule has 1 atom stereocenters. The summed E-state index contributed by atoms with van der Waals surface area (Å²) in [5, 5.41) is 3.02. The Bertz CT molecular complexity index is 1110. The van der Waals surface area contributed by atoms with Gasteiger partial charge in [0.15, 0.2) is 0 Å². The van der Waals surface area contributed by atoms with Crippen molar-refractivity contribution >= 4 is 15.9 Å². The zero-order valence-electron chi connectivity index (χ0n) is 17.4. The van der Waals surface area contributed by atoms with Gasteiger partial charge in [0.1, 0.15) is 0 Å². The van der Waals surface area contributed by atoms with E-state index in [-0.39, 0.29) is 23.4 Å². The Hall–Kier alpha value is -2.96. The molecule has 0 aliphatic rings. The van der Waals surface area contributed by atoms with Gasteiger partial charge in [-0.05, 0) is 42.7 Å². The molecule has 0 fully saturated rings. The average molecular weight is 423 g/mol. The Balaban J connectivity index is 1.83. The largest absolute Gasteiger partial charge is 0.344 e. The maximum atomic E-state index is 12.8. The molecule has 6 heteroatoms. The molecule has 3 aromatic carbocycles. The number of rotatable bonds is 7. The van der Waals surface area contributed by atoms with Crippen LogP contribution in [0.15, 0.2) is 83.8 Å². The molecule has 0 unspecified atom stereocenters. The first-order valence-corrected chi connectivity index (χ1v) is 11.2. The van der Waals surface area contributed by atoms with Crippen molar-refractivity contribution in [3.63, 3.8) is 0 Å². The van der Waals surface area contributed by atoms with Gasteiger partial charge < -0.3 is 5.32 Å². The number of amides is 1. The molecule has 0 aliphatic carbocycles. The van der Waals surface area contributed by atoms with Crippen molar-refractivity contribution < 1.29 is 13.2 Å². The number of benzene rings is 3. The Morgan fingerprint density at radius 3 is 2.13 bits per heavy atom. The summed E-state index contributed by atoms with van der Waals surface area (Å²) in [5.74, 6) is -0.370. The van der Waals surface area contributed by atoms with Gasteiger partial charge in [0.05, 0.1) is 17.5 Å². The quantitative estimate of drug-likeness (QED) is 0.629. The third kappa shape index (κ3) is 4.96. The van der Waals surface area contributed by atoms with Crippen molar-refractivity contribution in [1.29, 1.82) is 0 Å². The molecule has 3 rings (SSSR count). The lowest BCUT2D eigenvalue weighted by Crippen LogP contribution is -2.40. The second kappa shape index (κ2) is 9.24. The van der Waals surface area contributed by atoms with Gasteiger partial charge in [-0.15, -0.1) is 0 Å². The van der Waals surface area contributed by atoms with Crippen LogP contribution in [0.25, 0.3) is 0 Å². The van der Waals surface area contributed by atoms with Gasteiger partial charge in [-0.1, -0.05) is 72.3 Å². The van der Waals surface area contributed by atoms with E-state index in [1.807, 2.05) is 56.3 Å². The highest BCUT2D eigenvalue weighted by atomic mass is 32.2. The van der Waals surface area contributed by atoms with Gasteiger partial charge in [0.25, 0.3) is 0 Å². The van der Waals surface area contributed by atoms with Crippen LogP contribution in [-0.4, -0.2) is 32.2 Å². The Labute approximate surface area is 178 Å². The predicted octanol–water partition coefficient (Wildman–Crippen LogP) is 3.83. The molecule has 30 heavy (non-hydrogen) atoms. The summed E-state index contributed by atoms with van der Waals surface area (Å²) >= 11 is 0. The highest BCUT2D eigenvalue weighted by Gasteiger charge is 2.25. The summed E-state index contributed by atoms with van der Waals surface area (Å²) in [4.78, 5) is 13.0. The molecule has 0 aliphatic heterocycles. The molecular weight excluding hydrogens is 396 g/mol. The average Bonchev–Trinajstić information content (AvgIpc) is 2.73. The minimum Gasteiger partial charge on any atom is -0.344 e. The number of aryl methyl sites for hydroxylation is 2. The van der Waals surface area contributed by atoms with Gasteiger partial charge in [-0.2, -0.15) is 4.31 Å². The molecule has 5 nitrogen and oxygen atoms in total. The smallest absolute Gasteiger partial charge is 0.243 e. The van der Waals surface area contributed by atoms with Crippen molar-refractivity contribution in [2.24, 2.45) is 0 Å². The normalized spacial score (nSPS) is 12.5. The van der Waals surface area contributed by atoms with E-state index in [9.17, 15) is 13.2 Å². The summed E-state index contributed by atoms with van der Waals surface area (Å²) in [6.45, 7) is 3.76. The summed E-state index contributed by atoms with van der Waals surface area (Å²) in [6, 6.07) is 23.5. The molecule has 0 saturated heterocycles. The first kappa shape index (κ1) is 21.7. The number of nitrogens with zero attached hydrogens (tertiary/aromatic N) is 1. The van der Waals surface area contributed by atoms with Crippen molar-refractivity contribution in [3.05, 3.63) is 101 Å².